The van der Waals surface area contributed by atoms with Gasteiger partial charge in [0.1, 0.15) is 17.6 Å². The summed E-state index contributed by atoms with van der Waals surface area (Å²) in [4.78, 5) is 20.0. The average Bonchev–Trinajstić information content (AvgIpc) is 3.10. The van der Waals surface area contributed by atoms with Gasteiger partial charge in [-0.25, -0.2) is 9.97 Å². The summed E-state index contributed by atoms with van der Waals surface area (Å²) in [5.74, 6) is -0.266. The Morgan fingerprint density at radius 1 is 1.19 bits per heavy atom. The molecule has 1 amide bonds. The second-order valence-electron chi connectivity index (χ2n) is 7.20. The van der Waals surface area contributed by atoms with Crippen LogP contribution in [-0.4, -0.2) is 26.2 Å². The van der Waals surface area contributed by atoms with Gasteiger partial charge < -0.3 is 5.32 Å². The molecule has 0 fully saturated rings. The van der Waals surface area contributed by atoms with Crippen molar-refractivity contribution in [2.24, 2.45) is 0 Å². The number of nitriles is 1. The van der Waals surface area contributed by atoms with Crippen molar-refractivity contribution in [3.05, 3.63) is 65.1 Å². The van der Waals surface area contributed by atoms with Gasteiger partial charge in [0.05, 0.1) is 11.3 Å². The Kier molecular flexibility index (Phi) is 6.19. The number of aromatic nitrogens is 3. The molecule has 0 atom stereocenters. The molecular formula is C22H18F3N5OS. The number of halogens is 3. The molecule has 0 radical (unpaired) electrons. The van der Waals surface area contributed by atoms with E-state index in [1.807, 2.05) is 34.9 Å². The minimum Gasteiger partial charge on any atom is -0.310 e. The molecule has 0 aliphatic heterocycles. The van der Waals surface area contributed by atoms with E-state index in [0.717, 1.165) is 66.7 Å². The SMILES string of the molecule is N#Cc1c2c(n(-c3ccccc3)c1NC(=O)CSc1nccc(C(F)(F)F)n1)CCCC2. The van der Waals surface area contributed by atoms with Crippen LogP contribution in [0.25, 0.3) is 5.69 Å². The van der Waals surface area contributed by atoms with Gasteiger partial charge in [-0.05, 0) is 49.4 Å². The van der Waals surface area contributed by atoms with Crippen LogP contribution in [0.1, 0.15) is 35.4 Å². The van der Waals surface area contributed by atoms with E-state index in [0.29, 0.717) is 11.4 Å². The number of hydrogen-bond donors (Lipinski definition) is 1. The summed E-state index contributed by atoms with van der Waals surface area (Å²) in [5, 5.41) is 12.5. The number of carbonyl (C=O) groups is 1. The largest absolute Gasteiger partial charge is 0.433 e. The smallest absolute Gasteiger partial charge is 0.310 e. The van der Waals surface area contributed by atoms with Gasteiger partial charge in [0.2, 0.25) is 5.91 Å². The van der Waals surface area contributed by atoms with Gasteiger partial charge in [-0.1, -0.05) is 30.0 Å². The van der Waals surface area contributed by atoms with E-state index in [4.69, 9.17) is 0 Å². The predicted molar refractivity (Wildman–Crippen MR) is 114 cm³/mol. The van der Waals surface area contributed by atoms with Crippen molar-refractivity contribution in [3.63, 3.8) is 0 Å². The summed E-state index contributed by atoms with van der Waals surface area (Å²) >= 11 is 0.802. The number of fused-ring (bicyclic) bond motifs is 1. The Labute approximate surface area is 186 Å². The number of alkyl halides is 3. The zero-order valence-corrected chi connectivity index (χ0v) is 17.6. The van der Waals surface area contributed by atoms with Gasteiger partial charge in [0.15, 0.2) is 5.16 Å². The summed E-state index contributed by atoms with van der Waals surface area (Å²) in [6, 6.07) is 12.4. The normalized spacial score (nSPS) is 13.3. The van der Waals surface area contributed by atoms with Gasteiger partial charge in [-0.15, -0.1) is 0 Å². The summed E-state index contributed by atoms with van der Waals surface area (Å²) < 4.78 is 40.4. The molecule has 1 aliphatic rings. The summed E-state index contributed by atoms with van der Waals surface area (Å²) in [7, 11) is 0. The van der Waals surface area contributed by atoms with Crippen molar-refractivity contribution in [1.29, 1.82) is 5.26 Å². The van der Waals surface area contributed by atoms with Gasteiger partial charge in [0.25, 0.3) is 0 Å². The average molecular weight is 457 g/mol. The van der Waals surface area contributed by atoms with Crippen LogP contribution >= 0.6 is 11.8 Å². The van der Waals surface area contributed by atoms with E-state index in [1.165, 1.54) is 0 Å². The van der Waals surface area contributed by atoms with Crippen LogP contribution in [0, 0.1) is 11.3 Å². The number of anilines is 1. The third kappa shape index (κ3) is 4.48. The fourth-order valence-corrected chi connectivity index (χ4v) is 4.39. The first-order valence-electron chi connectivity index (χ1n) is 9.93. The molecule has 164 valence electrons. The number of nitrogens with one attached hydrogen (secondary N) is 1. The van der Waals surface area contributed by atoms with E-state index in [9.17, 15) is 23.2 Å². The number of para-hydroxylation sites is 1. The molecule has 2 heterocycles. The van der Waals surface area contributed by atoms with Gasteiger partial charge in [0, 0.05) is 17.6 Å². The van der Waals surface area contributed by atoms with E-state index in [2.05, 4.69) is 21.4 Å². The highest BCUT2D eigenvalue weighted by molar-refractivity contribution is 7.99. The molecule has 10 heteroatoms. The highest BCUT2D eigenvalue weighted by Gasteiger charge is 2.33. The molecular weight excluding hydrogens is 439 g/mol. The Balaban J connectivity index is 1.60. The number of hydrogen-bond acceptors (Lipinski definition) is 5. The second-order valence-corrected chi connectivity index (χ2v) is 8.14. The number of thioether (sulfide) groups is 1. The summed E-state index contributed by atoms with van der Waals surface area (Å²) in [5.41, 5.74) is 2.14. The van der Waals surface area contributed by atoms with Crippen LogP contribution in [0.3, 0.4) is 0 Å². The third-order valence-corrected chi connectivity index (χ3v) is 5.97. The predicted octanol–water partition coefficient (Wildman–Crippen LogP) is 4.77. The molecule has 2 aromatic heterocycles. The van der Waals surface area contributed by atoms with Crippen LogP contribution in [0.5, 0.6) is 0 Å². The maximum Gasteiger partial charge on any atom is 0.433 e. The van der Waals surface area contributed by atoms with E-state index in [-0.39, 0.29) is 10.9 Å². The molecule has 0 spiro atoms. The van der Waals surface area contributed by atoms with Crippen molar-refractivity contribution in [2.45, 2.75) is 37.0 Å². The first-order valence-corrected chi connectivity index (χ1v) is 10.9. The monoisotopic (exact) mass is 457 g/mol. The molecule has 0 saturated carbocycles. The summed E-state index contributed by atoms with van der Waals surface area (Å²) in [6.07, 6.45) is -0.0625. The van der Waals surface area contributed by atoms with Gasteiger partial charge >= 0.3 is 6.18 Å². The van der Waals surface area contributed by atoms with Crippen LogP contribution in [0.4, 0.5) is 19.0 Å². The van der Waals surface area contributed by atoms with E-state index >= 15 is 0 Å². The van der Waals surface area contributed by atoms with E-state index < -0.39 is 17.8 Å². The lowest BCUT2D eigenvalue weighted by atomic mass is 9.95. The zero-order chi connectivity index (χ0) is 22.7. The lowest BCUT2D eigenvalue weighted by molar-refractivity contribution is -0.141. The van der Waals surface area contributed by atoms with Crippen LogP contribution in [0.15, 0.2) is 47.8 Å². The van der Waals surface area contributed by atoms with Crippen LogP contribution < -0.4 is 5.32 Å². The van der Waals surface area contributed by atoms with Crippen molar-refractivity contribution in [2.75, 3.05) is 11.1 Å². The quantitative estimate of drug-likeness (QED) is 0.441. The topological polar surface area (TPSA) is 83.6 Å². The number of rotatable bonds is 5. The van der Waals surface area contributed by atoms with Crippen molar-refractivity contribution < 1.29 is 18.0 Å². The molecule has 0 saturated heterocycles. The number of amides is 1. The number of carbonyl (C=O) groups excluding carboxylic acids is 1. The Morgan fingerprint density at radius 3 is 2.66 bits per heavy atom. The molecule has 1 N–H and O–H groups in total. The number of nitrogens with zero attached hydrogens (tertiary/aromatic N) is 4. The fraction of sp³-hybridized carbons (Fsp3) is 0.273. The van der Waals surface area contributed by atoms with Crippen LogP contribution in [-0.2, 0) is 23.8 Å². The maximum absolute atomic E-state index is 12.8. The maximum atomic E-state index is 12.8. The molecule has 0 unspecified atom stereocenters. The third-order valence-electron chi connectivity index (χ3n) is 5.11. The fourth-order valence-electron chi connectivity index (χ4n) is 3.76. The second kappa shape index (κ2) is 9.04. The Hall–Kier alpha value is -3.32. The molecule has 3 aromatic rings. The number of benzene rings is 1. The molecule has 0 bridgehead atoms. The lowest BCUT2D eigenvalue weighted by Gasteiger charge is -2.17. The Morgan fingerprint density at radius 2 is 1.94 bits per heavy atom. The molecule has 4 rings (SSSR count). The standard InChI is InChI=1S/C22H18F3N5OS/c23-22(24,25)18-10-11-27-21(28-18)32-13-19(31)29-20-16(12-26)15-8-4-5-9-17(15)30(20)14-6-2-1-3-7-14/h1-3,6-7,10-11H,4-5,8-9,13H2,(H,29,31). The molecule has 6 nitrogen and oxygen atoms in total. The van der Waals surface area contributed by atoms with Crippen molar-refractivity contribution in [1.82, 2.24) is 14.5 Å². The summed E-state index contributed by atoms with van der Waals surface area (Å²) in [6.45, 7) is 0. The van der Waals surface area contributed by atoms with E-state index in [1.54, 1.807) is 0 Å². The first-order chi connectivity index (χ1) is 15.4. The first kappa shape index (κ1) is 21.9. The minimum absolute atomic E-state index is 0.145. The van der Waals surface area contributed by atoms with Gasteiger partial charge in [-0.3, -0.25) is 9.36 Å². The minimum atomic E-state index is -4.59. The van der Waals surface area contributed by atoms with Crippen molar-refractivity contribution in [3.8, 4) is 11.8 Å². The van der Waals surface area contributed by atoms with Gasteiger partial charge in [-0.2, -0.15) is 18.4 Å². The molecule has 32 heavy (non-hydrogen) atoms. The lowest BCUT2D eigenvalue weighted by Crippen LogP contribution is -2.18. The molecule has 1 aliphatic carbocycles. The highest BCUT2D eigenvalue weighted by atomic mass is 32.2. The highest BCUT2D eigenvalue weighted by Crippen LogP contribution is 2.36. The Bertz CT molecular complexity index is 1180. The molecule has 1 aromatic carbocycles. The van der Waals surface area contributed by atoms with Crippen molar-refractivity contribution >= 4 is 23.5 Å². The zero-order valence-electron chi connectivity index (χ0n) is 16.8. The van der Waals surface area contributed by atoms with Crippen LogP contribution in [0.2, 0.25) is 0 Å².